The molecular weight excluding hydrogens is 344 g/mol. The Bertz CT molecular complexity index is 1030. The van der Waals surface area contributed by atoms with E-state index in [1.807, 2.05) is 37.3 Å². The molecule has 5 nitrogen and oxygen atoms in total. The zero-order valence-electron chi connectivity index (χ0n) is 15.5. The monoisotopic (exact) mass is 366 g/mol. The van der Waals surface area contributed by atoms with Crippen molar-refractivity contribution in [2.75, 3.05) is 19.8 Å². The van der Waals surface area contributed by atoms with Gasteiger partial charge in [-0.2, -0.15) is 0 Å². The highest BCUT2D eigenvalue weighted by Gasteiger charge is 2.17. The van der Waals surface area contributed by atoms with E-state index in [1.165, 1.54) is 6.26 Å². The van der Waals surface area contributed by atoms with Gasteiger partial charge in [0.2, 0.25) is 5.43 Å². The molecular formula is C22H22O5. The molecule has 4 rings (SSSR count). The zero-order valence-corrected chi connectivity index (χ0v) is 15.5. The molecule has 3 aromatic rings. The summed E-state index contributed by atoms with van der Waals surface area (Å²) in [6, 6.07) is 9.23. The van der Waals surface area contributed by atoms with E-state index in [2.05, 4.69) is 6.92 Å². The average molecular weight is 366 g/mol. The van der Waals surface area contributed by atoms with E-state index < -0.39 is 0 Å². The number of aryl methyl sites for hydroxylation is 1. The van der Waals surface area contributed by atoms with Crippen molar-refractivity contribution in [2.45, 2.75) is 26.7 Å². The second-order valence-electron chi connectivity index (χ2n) is 6.48. The Morgan fingerprint density at radius 2 is 1.85 bits per heavy atom. The number of hydrogen-bond donors (Lipinski definition) is 0. The van der Waals surface area contributed by atoms with Gasteiger partial charge in [0.05, 0.1) is 17.6 Å². The molecule has 0 aliphatic carbocycles. The predicted molar refractivity (Wildman–Crippen MR) is 104 cm³/mol. The van der Waals surface area contributed by atoms with Crippen molar-refractivity contribution in [1.82, 2.24) is 0 Å². The molecule has 1 aliphatic rings. The lowest BCUT2D eigenvalue weighted by Crippen LogP contribution is -2.15. The normalized spacial score (nSPS) is 13.0. The minimum atomic E-state index is -0.0617. The summed E-state index contributed by atoms with van der Waals surface area (Å²) in [6.07, 6.45) is 3.32. The Hall–Kier alpha value is -2.95. The van der Waals surface area contributed by atoms with E-state index >= 15 is 0 Å². The van der Waals surface area contributed by atoms with Gasteiger partial charge in [-0.1, -0.05) is 19.4 Å². The van der Waals surface area contributed by atoms with Crippen LogP contribution in [-0.4, -0.2) is 19.8 Å². The van der Waals surface area contributed by atoms with Crippen molar-refractivity contribution < 1.29 is 18.6 Å². The van der Waals surface area contributed by atoms with Crippen LogP contribution in [0, 0.1) is 0 Å². The van der Waals surface area contributed by atoms with Gasteiger partial charge in [-0.25, -0.2) is 0 Å². The fourth-order valence-corrected chi connectivity index (χ4v) is 3.37. The first-order valence-corrected chi connectivity index (χ1v) is 9.32. The maximum Gasteiger partial charge on any atom is 0.200 e. The van der Waals surface area contributed by atoms with Crippen molar-refractivity contribution in [1.29, 1.82) is 0 Å². The van der Waals surface area contributed by atoms with Gasteiger partial charge in [0, 0.05) is 6.07 Å². The number of ether oxygens (including phenoxy) is 3. The van der Waals surface area contributed by atoms with Crippen LogP contribution in [0.15, 0.2) is 45.8 Å². The third-order valence-corrected chi connectivity index (χ3v) is 4.63. The molecule has 0 amide bonds. The summed E-state index contributed by atoms with van der Waals surface area (Å²) in [5, 5.41) is 0.564. The predicted octanol–water partition coefficient (Wildman–Crippen LogP) is 4.58. The van der Waals surface area contributed by atoms with Gasteiger partial charge in [0.25, 0.3) is 0 Å². The molecule has 27 heavy (non-hydrogen) atoms. The molecule has 0 spiro atoms. The molecule has 2 heterocycles. The van der Waals surface area contributed by atoms with Gasteiger partial charge in [0.1, 0.15) is 30.8 Å². The van der Waals surface area contributed by atoms with Gasteiger partial charge >= 0.3 is 0 Å². The van der Waals surface area contributed by atoms with E-state index in [0.29, 0.717) is 47.9 Å². The van der Waals surface area contributed by atoms with Crippen molar-refractivity contribution in [3.63, 3.8) is 0 Å². The summed E-state index contributed by atoms with van der Waals surface area (Å²) in [6.45, 7) is 5.66. The number of benzene rings is 2. The lowest BCUT2D eigenvalue weighted by atomic mass is 10.0. The van der Waals surface area contributed by atoms with Gasteiger partial charge in [0.15, 0.2) is 11.5 Å². The molecule has 0 saturated heterocycles. The number of rotatable bonds is 5. The molecule has 5 heteroatoms. The molecule has 0 saturated carbocycles. The Morgan fingerprint density at radius 1 is 1.04 bits per heavy atom. The van der Waals surface area contributed by atoms with Crippen LogP contribution < -0.4 is 19.6 Å². The first-order valence-electron chi connectivity index (χ1n) is 9.32. The molecule has 0 fully saturated rings. The van der Waals surface area contributed by atoms with Crippen molar-refractivity contribution in [3.8, 4) is 28.4 Å². The lowest BCUT2D eigenvalue weighted by molar-refractivity contribution is 0.171. The highest BCUT2D eigenvalue weighted by molar-refractivity contribution is 5.84. The zero-order chi connectivity index (χ0) is 18.8. The lowest BCUT2D eigenvalue weighted by Gasteiger charge is -2.18. The SMILES string of the molecule is CCCc1cc2c(=O)c(-c3ccc4c(c3)OCCO4)coc2cc1OCC. The Balaban J connectivity index is 1.84. The molecule has 1 aliphatic heterocycles. The van der Waals surface area contributed by atoms with Crippen LogP contribution in [0.5, 0.6) is 17.2 Å². The van der Waals surface area contributed by atoms with Gasteiger partial charge < -0.3 is 18.6 Å². The van der Waals surface area contributed by atoms with Crippen LogP contribution in [0.4, 0.5) is 0 Å². The van der Waals surface area contributed by atoms with E-state index in [0.717, 1.165) is 29.7 Å². The second kappa shape index (κ2) is 7.35. The van der Waals surface area contributed by atoms with E-state index in [-0.39, 0.29) is 5.43 Å². The largest absolute Gasteiger partial charge is 0.493 e. The third kappa shape index (κ3) is 3.25. The van der Waals surface area contributed by atoms with Crippen LogP contribution in [0.25, 0.3) is 22.1 Å². The summed E-state index contributed by atoms with van der Waals surface area (Å²) in [4.78, 5) is 13.1. The average Bonchev–Trinajstić information content (AvgIpc) is 2.69. The summed E-state index contributed by atoms with van der Waals surface area (Å²) in [5.74, 6) is 2.13. The van der Waals surface area contributed by atoms with Gasteiger partial charge in [-0.15, -0.1) is 0 Å². The third-order valence-electron chi connectivity index (χ3n) is 4.63. The molecule has 140 valence electrons. The maximum atomic E-state index is 13.1. The summed E-state index contributed by atoms with van der Waals surface area (Å²) in [5.41, 5.74) is 2.75. The molecule has 0 N–H and O–H groups in total. The standard InChI is InChI=1S/C22H22O5/c1-3-5-15-10-16-20(12-19(15)24-4-2)27-13-17(22(16)23)14-6-7-18-21(11-14)26-9-8-25-18/h6-7,10-13H,3-5,8-9H2,1-2H3. The first-order chi connectivity index (χ1) is 13.2. The van der Waals surface area contributed by atoms with E-state index in [1.54, 1.807) is 0 Å². The van der Waals surface area contributed by atoms with Gasteiger partial charge in [-0.3, -0.25) is 4.79 Å². The summed E-state index contributed by atoms with van der Waals surface area (Å²) >= 11 is 0. The minimum absolute atomic E-state index is 0.0617. The maximum absolute atomic E-state index is 13.1. The van der Waals surface area contributed by atoms with E-state index in [4.69, 9.17) is 18.6 Å². The first kappa shape index (κ1) is 17.5. The van der Waals surface area contributed by atoms with Gasteiger partial charge in [-0.05, 0) is 42.7 Å². The topological polar surface area (TPSA) is 57.9 Å². The van der Waals surface area contributed by atoms with Crippen molar-refractivity contribution in [2.24, 2.45) is 0 Å². The Kier molecular flexibility index (Phi) is 4.75. The minimum Gasteiger partial charge on any atom is -0.493 e. The van der Waals surface area contributed by atoms with Crippen LogP contribution in [0.1, 0.15) is 25.8 Å². The summed E-state index contributed by atoms with van der Waals surface area (Å²) in [7, 11) is 0. The fourth-order valence-electron chi connectivity index (χ4n) is 3.37. The van der Waals surface area contributed by atoms with Crippen LogP contribution in [0.2, 0.25) is 0 Å². The molecule has 0 bridgehead atoms. The van der Waals surface area contributed by atoms with Crippen LogP contribution >= 0.6 is 0 Å². The molecule has 0 unspecified atom stereocenters. The molecule has 0 atom stereocenters. The smallest absolute Gasteiger partial charge is 0.200 e. The Labute approximate surface area is 157 Å². The van der Waals surface area contributed by atoms with E-state index in [9.17, 15) is 4.79 Å². The highest BCUT2D eigenvalue weighted by atomic mass is 16.6. The number of hydrogen-bond acceptors (Lipinski definition) is 5. The quantitative estimate of drug-likeness (QED) is 0.661. The molecule has 2 aromatic carbocycles. The van der Waals surface area contributed by atoms with Crippen LogP contribution in [-0.2, 0) is 6.42 Å². The fraction of sp³-hybridized carbons (Fsp3) is 0.318. The van der Waals surface area contributed by atoms with Crippen LogP contribution in [0.3, 0.4) is 0 Å². The Morgan fingerprint density at radius 3 is 2.63 bits per heavy atom. The molecule has 0 radical (unpaired) electrons. The van der Waals surface area contributed by atoms with Crippen molar-refractivity contribution >= 4 is 11.0 Å². The second-order valence-corrected chi connectivity index (χ2v) is 6.48. The number of fused-ring (bicyclic) bond motifs is 2. The van der Waals surface area contributed by atoms with Crippen molar-refractivity contribution in [3.05, 3.63) is 52.4 Å². The highest BCUT2D eigenvalue weighted by Crippen LogP contribution is 2.34. The molecule has 1 aromatic heterocycles. The summed E-state index contributed by atoms with van der Waals surface area (Å²) < 4.78 is 22.7.